The minimum absolute atomic E-state index is 0.613. The van der Waals surface area contributed by atoms with Crippen molar-refractivity contribution in [2.75, 3.05) is 32.7 Å². The molecule has 3 nitrogen and oxygen atoms in total. The lowest BCUT2D eigenvalue weighted by molar-refractivity contribution is 0.185. The smallest absolute Gasteiger partial charge is 0.0744 e. The van der Waals surface area contributed by atoms with Crippen LogP contribution in [0, 0.1) is 0 Å². The van der Waals surface area contributed by atoms with Gasteiger partial charge in [0.15, 0.2) is 0 Å². The fraction of sp³-hybridized carbons (Fsp3) is 0.538. The molecule has 0 saturated carbocycles. The van der Waals surface area contributed by atoms with Gasteiger partial charge in [0, 0.05) is 43.1 Å². The molecule has 0 aliphatic heterocycles. The van der Waals surface area contributed by atoms with Crippen molar-refractivity contribution >= 4 is 21.6 Å². The lowest BCUT2D eigenvalue weighted by Crippen LogP contribution is -2.06. The number of ether oxygens (including phenoxy) is 2. The molecule has 0 aliphatic carbocycles. The van der Waals surface area contributed by atoms with Gasteiger partial charge in [-0.25, -0.2) is 0 Å². The van der Waals surface area contributed by atoms with Crippen LogP contribution in [0.2, 0.25) is 0 Å². The maximum absolute atomic E-state index is 5.20. The molecule has 0 unspecified atom stereocenters. The Balaban J connectivity index is 2.48. The number of unbranched alkanes of at least 4 members (excludes halogenated alkanes) is 1. The highest BCUT2D eigenvalue weighted by Gasteiger charge is 2.05. The summed E-state index contributed by atoms with van der Waals surface area (Å²) in [5.74, 6) is 0. The predicted molar refractivity (Wildman–Crippen MR) is 74.5 cm³/mol. The van der Waals surface area contributed by atoms with E-state index >= 15 is 0 Å². The quantitative estimate of drug-likeness (QED) is 0.746. The van der Waals surface area contributed by atoms with E-state index in [1.54, 1.807) is 14.2 Å². The molecule has 1 aromatic rings. The van der Waals surface area contributed by atoms with Crippen LogP contribution in [0.3, 0.4) is 0 Å². The first kappa shape index (κ1) is 14.5. The van der Waals surface area contributed by atoms with Gasteiger partial charge in [0.2, 0.25) is 0 Å². The lowest BCUT2D eigenvalue weighted by atomic mass is 10.2. The highest BCUT2D eigenvalue weighted by Crippen LogP contribution is 2.25. The van der Waals surface area contributed by atoms with Crippen molar-refractivity contribution in [1.82, 2.24) is 0 Å². The number of rotatable bonds is 8. The summed E-state index contributed by atoms with van der Waals surface area (Å²) in [4.78, 5) is 0. The third kappa shape index (κ3) is 5.06. The Morgan fingerprint density at radius 1 is 1.18 bits per heavy atom. The average Bonchev–Trinajstić information content (AvgIpc) is 2.33. The topological polar surface area (TPSA) is 30.5 Å². The highest BCUT2D eigenvalue weighted by atomic mass is 79.9. The summed E-state index contributed by atoms with van der Waals surface area (Å²) >= 11 is 3.54. The molecular formula is C13H20BrNO2. The molecule has 0 fully saturated rings. The van der Waals surface area contributed by atoms with Crippen molar-refractivity contribution in [2.45, 2.75) is 19.4 Å². The predicted octanol–water partition coefficient (Wildman–Crippen LogP) is 3.43. The maximum atomic E-state index is 5.20. The fourth-order valence-electron chi connectivity index (χ4n) is 1.61. The van der Waals surface area contributed by atoms with E-state index in [0.29, 0.717) is 6.61 Å². The van der Waals surface area contributed by atoms with Crippen molar-refractivity contribution in [2.24, 2.45) is 0 Å². The third-order valence-electron chi connectivity index (χ3n) is 2.50. The molecule has 0 amide bonds. The van der Waals surface area contributed by atoms with E-state index in [1.165, 1.54) is 5.56 Å². The van der Waals surface area contributed by atoms with Gasteiger partial charge in [0.1, 0.15) is 0 Å². The van der Waals surface area contributed by atoms with Crippen LogP contribution in [-0.2, 0) is 16.1 Å². The molecular weight excluding hydrogens is 282 g/mol. The van der Waals surface area contributed by atoms with Crippen molar-refractivity contribution in [3.05, 3.63) is 28.2 Å². The summed E-state index contributed by atoms with van der Waals surface area (Å²) in [6.45, 7) is 2.39. The van der Waals surface area contributed by atoms with Crippen molar-refractivity contribution in [3.8, 4) is 0 Å². The first-order valence-corrected chi connectivity index (χ1v) is 6.58. The number of halogens is 1. The van der Waals surface area contributed by atoms with Gasteiger partial charge in [0.25, 0.3) is 0 Å². The Labute approximate surface area is 112 Å². The van der Waals surface area contributed by atoms with E-state index in [-0.39, 0.29) is 0 Å². The summed E-state index contributed by atoms with van der Waals surface area (Å²) < 4.78 is 11.3. The maximum Gasteiger partial charge on any atom is 0.0744 e. The lowest BCUT2D eigenvalue weighted by Gasteiger charge is -2.13. The Kier molecular flexibility index (Phi) is 7.24. The van der Waals surface area contributed by atoms with Crippen LogP contribution in [0.5, 0.6) is 0 Å². The second-order valence-electron chi connectivity index (χ2n) is 3.83. The molecule has 0 saturated heterocycles. The van der Waals surface area contributed by atoms with Crippen molar-refractivity contribution in [3.63, 3.8) is 0 Å². The van der Waals surface area contributed by atoms with E-state index in [0.717, 1.165) is 36.2 Å². The number of hydrogen-bond acceptors (Lipinski definition) is 3. The number of nitrogens with one attached hydrogen (secondary N) is 1. The van der Waals surface area contributed by atoms with Gasteiger partial charge in [-0.2, -0.15) is 0 Å². The van der Waals surface area contributed by atoms with Crippen molar-refractivity contribution < 1.29 is 9.47 Å². The second kappa shape index (κ2) is 8.50. The van der Waals surface area contributed by atoms with Gasteiger partial charge in [-0.3, -0.25) is 0 Å². The molecule has 96 valence electrons. The fourth-order valence-corrected chi connectivity index (χ4v) is 2.09. The second-order valence-corrected chi connectivity index (χ2v) is 4.68. The minimum atomic E-state index is 0.613. The number of benzene rings is 1. The first-order chi connectivity index (χ1) is 8.29. The van der Waals surface area contributed by atoms with E-state index in [2.05, 4.69) is 27.3 Å². The van der Waals surface area contributed by atoms with Crippen LogP contribution in [0.15, 0.2) is 22.7 Å². The SMILES string of the molecule is COCCCCNc1cccc(Br)c1COC. The molecule has 4 heteroatoms. The largest absolute Gasteiger partial charge is 0.385 e. The van der Waals surface area contributed by atoms with Gasteiger partial charge in [0.05, 0.1) is 6.61 Å². The number of anilines is 1. The van der Waals surface area contributed by atoms with Gasteiger partial charge < -0.3 is 14.8 Å². The molecule has 0 heterocycles. The molecule has 1 rings (SSSR count). The van der Waals surface area contributed by atoms with Gasteiger partial charge in [-0.05, 0) is 25.0 Å². The molecule has 0 spiro atoms. The monoisotopic (exact) mass is 301 g/mol. The molecule has 1 N–H and O–H groups in total. The molecule has 0 radical (unpaired) electrons. The van der Waals surface area contributed by atoms with E-state index in [9.17, 15) is 0 Å². The first-order valence-electron chi connectivity index (χ1n) is 5.78. The van der Waals surface area contributed by atoms with Crippen LogP contribution < -0.4 is 5.32 Å². The van der Waals surface area contributed by atoms with Gasteiger partial charge in [-0.15, -0.1) is 0 Å². The molecule has 0 aliphatic rings. The molecule has 0 aromatic heterocycles. The van der Waals surface area contributed by atoms with E-state index in [1.807, 2.05) is 12.1 Å². The van der Waals surface area contributed by atoms with Crippen LogP contribution in [-0.4, -0.2) is 27.4 Å². The minimum Gasteiger partial charge on any atom is -0.385 e. The zero-order chi connectivity index (χ0) is 12.5. The normalized spacial score (nSPS) is 10.5. The summed E-state index contributed by atoms with van der Waals surface area (Å²) in [7, 11) is 3.44. The molecule has 17 heavy (non-hydrogen) atoms. The van der Waals surface area contributed by atoms with Gasteiger partial charge >= 0.3 is 0 Å². The van der Waals surface area contributed by atoms with Crippen LogP contribution in [0.25, 0.3) is 0 Å². The Hall–Kier alpha value is -0.580. The standard InChI is InChI=1S/C13H20BrNO2/c1-16-9-4-3-8-15-13-7-5-6-12(14)11(13)10-17-2/h5-7,15H,3-4,8-10H2,1-2H3. The van der Waals surface area contributed by atoms with Crippen molar-refractivity contribution in [1.29, 1.82) is 0 Å². The van der Waals surface area contributed by atoms with E-state index < -0.39 is 0 Å². The Bertz CT molecular complexity index is 331. The summed E-state index contributed by atoms with van der Waals surface area (Å²) in [5, 5.41) is 3.43. The summed E-state index contributed by atoms with van der Waals surface area (Å²) in [6.07, 6.45) is 2.18. The zero-order valence-corrected chi connectivity index (χ0v) is 12.0. The Morgan fingerprint density at radius 3 is 2.71 bits per heavy atom. The van der Waals surface area contributed by atoms with Crippen LogP contribution in [0.4, 0.5) is 5.69 Å². The molecule has 0 bridgehead atoms. The van der Waals surface area contributed by atoms with Crippen LogP contribution in [0.1, 0.15) is 18.4 Å². The van der Waals surface area contributed by atoms with Gasteiger partial charge in [-0.1, -0.05) is 22.0 Å². The average molecular weight is 302 g/mol. The number of hydrogen-bond donors (Lipinski definition) is 1. The molecule has 1 aromatic carbocycles. The van der Waals surface area contributed by atoms with Crippen LogP contribution >= 0.6 is 15.9 Å². The Morgan fingerprint density at radius 2 is 2.00 bits per heavy atom. The number of methoxy groups -OCH3 is 2. The van der Waals surface area contributed by atoms with E-state index in [4.69, 9.17) is 9.47 Å². The molecule has 0 atom stereocenters. The summed E-state index contributed by atoms with van der Waals surface area (Å²) in [6, 6.07) is 6.14. The highest BCUT2D eigenvalue weighted by molar-refractivity contribution is 9.10. The zero-order valence-electron chi connectivity index (χ0n) is 10.5. The third-order valence-corrected chi connectivity index (χ3v) is 3.24. The summed E-state index contributed by atoms with van der Waals surface area (Å²) in [5.41, 5.74) is 2.31.